The van der Waals surface area contributed by atoms with Crippen LogP contribution in [0.25, 0.3) is 0 Å². The van der Waals surface area contributed by atoms with Crippen LogP contribution in [0.5, 0.6) is 0 Å². The number of nitrogens with one attached hydrogen (secondary N) is 1. The molecule has 1 aliphatic heterocycles. The van der Waals surface area contributed by atoms with Gasteiger partial charge in [-0.3, -0.25) is 4.90 Å². The molecule has 0 aromatic rings. The molecule has 2 fully saturated rings. The van der Waals surface area contributed by atoms with Crippen molar-refractivity contribution >= 4 is 0 Å². The van der Waals surface area contributed by atoms with Gasteiger partial charge in [0.1, 0.15) is 0 Å². The Labute approximate surface area is 99.2 Å². The summed E-state index contributed by atoms with van der Waals surface area (Å²) in [5, 5.41) is 12.9. The third-order valence-corrected chi connectivity index (χ3v) is 4.24. The number of aliphatic hydroxyl groups is 1. The molecule has 2 unspecified atom stereocenters. The second kappa shape index (κ2) is 5.99. The van der Waals surface area contributed by atoms with E-state index in [-0.39, 0.29) is 6.10 Å². The number of likely N-dealkylation sites (N-methyl/N-ethyl adjacent to an activating group) is 1. The van der Waals surface area contributed by atoms with Gasteiger partial charge in [0.25, 0.3) is 0 Å². The van der Waals surface area contributed by atoms with E-state index in [9.17, 15) is 5.11 Å². The first-order valence-electron chi connectivity index (χ1n) is 6.88. The maximum atomic E-state index is 9.87. The molecule has 1 heterocycles. The van der Waals surface area contributed by atoms with Crippen molar-refractivity contribution in [3.8, 4) is 0 Å². The number of hydrogen-bond acceptors (Lipinski definition) is 3. The quantitative estimate of drug-likeness (QED) is 0.740. The Balaban J connectivity index is 1.82. The molecule has 3 heteroatoms. The summed E-state index contributed by atoms with van der Waals surface area (Å²) in [6.45, 7) is 2.78. The summed E-state index contributed by atoms with van der Waals surface area (Å²) < 4.78 is 0. The molecule has 2 atom stereocenters. The monoisotopic (exact) mass is 226 g/mol. The minimum Gasteiger partial charge on any atom is -0.390 e. The maximum Gasteiger partial charge on any atom is 0.0791 e. The van der Waals surface area contributed by atoms with Crippen LogP contribution in [0.4, 0.5) is 0 Å². The van der Waals surface area contributed by atoms with E-state index in [0.29, 0.717) is 6.54 Å². The number of rotatable bonds is 5. The van der Waals surface area contributed by atoms with Gasteiger partial charge in [0.05, 0.1) is 6.10 Å². The van der Waals surface area contributed by atoms with Crippen LogP contribution >= 0.6 is 0 Å². The van der Waals surface area contributed by atoms with E-state index in [1.54, 1.807) is 0 Å². The number of nitrogens with zero attached hydrogens (tertiary/aromatic N) is 1. The van der Waals surface area contributed by atoms with Crippen LogP contribution in [-0.4, -0.2) is 48.8 Å². The Morgan fingerprint density at radius 1 is 1.25 bits per heavy atom. The van der Waals surface area contributed by atoms with E-state index < -0.39 is 0 Å². The maximum absolute atomic E-state index is 9.87. The number of β-amino-alcohol motifs (C(OH)–C–C–N with tert-alkyl or cyclic N) is 1. The average Bonchev–Trinajstić information content (AvgIpc) is 2.86. The first-order chi connectivity index (χ1) is 7.81. The molecular weight excluding hydrogens is 200 g/mol. The van der Waals surface area contributed by atoms with Gasteiger partial charge in [-0.2, -0.15) is 0 Å². The van der Waals surface area contributed by atoms with Gasteiger partial charge in [-0.25, -0.2) is 0 Å². The van der Waals surface area contributed by atoms with Crippen LogP contribution in [-0.2, 0) is 0 Å². The second-order valence-corrected chi connectivity index (χ2v) is 5.46. The lowest BCUT2D eigenvalue weighted by atomic mass is 9.96. The van der Waals surface area contributed by atoms with Crippen LogP contribution in [0.15, 0.2) is 0 Å². The Morgan fingerprint density at radius 3 is 2.69 bits per heavy atom. The highest BCUT2D eigenvalue weighted by atomic mass is 16.3. The summed E-state index contributed by atoms with van der Waals surface area (Å²) in [6.07, 6.45) is 8.17. The van der Waals surface area contributed by atoms with Crippen molar-refractivity contribution in [2.45, 2.75) is 50.7 Å². The third-order valence-electron chi connectivity index (χ3n) is 4.24. The van der Waals surface area contributed by atoms with E-state index in [4.69, 9.17) is 0 Å². The highest BCUT2D eigenvalue weighted by Crippen LogP contribution is 2.35. The predicted octanol–water partition coefficient (Wildman–Crippen LogP) is 1.22. The molecule has 2 N–H and O–H groups in total. The van der Waals surface area contributed by atoms with E-state index in [0.717, 1.165) is 18.5 Å². The normalized spacial score (nSPS) is 30.0. The van der Waals surface area contributed by atoms with Gasteiger partial charge in [-0.05, 0) is 45.2 Å². The SMILES string of the molecule is CNCC(O)CN1CCCC1C1CCCC1. The minimum atomic E-state index is -0.202. The number of aliphatic hydroxyl groups excluding tert-OH is 1. The average molecular weight is 226 g/mol. The van der Waals surface area contributed by atoms with Crippen LogP contribution in [0.2, 0.25) is 0 Å². The van der Waals surface area contributed by atoms with Crippen LogP contribution in [0.1, 0.15) is 38.5 Å². The molecule has 3 nitrogen and oxygen atoms in total. The zero-order valence-corrected chi connectivity index (χ0v) is 10.5. The lowest BCUT2D eigenvalue weighted by Crippen LogP contribution is -2.42. The predicted molar refractivity (Wildman–Crippen MR) is 66.5 cm³/mol. The van der Waals surface area contributed by atoms with Crippen LogP contribution in [0.3, 0.4) is 0 Å². The fourth-order valence-electron chi connectivity index (χ4n) is 3.53. The van der Waals surface area contributed by atoms with Crippen molar-refractivity contribution < 1.29 is 5.11 Å². The topological polar surface area (TPSA) is 35.5 Å². The molecule has 0 aromatic carbocycles. The Morgan fingerprint density at radius 2 is 2.00 bits per heavy atom. The summed E-state index contributed by atoms with van der Waals surface area (Å²) in [7, 11) is 1.90. The van der Waals surface area contributed by atoms with Crippen molar-refractivity contribution in [1.82, 2.24) is 10.2 Å². The fourth-order valence-corrected chi connectivity index (χ4v) is 3.53. The first-order valence-corrected chi connectivity index (χ1v) is 6.88. The summed E-state index contributed by atoms with van der Waals surface area (Å²) in [4.78, 5) is 2.54. The standard InChI is InChI=1S/C13H26N2O/c1-14-9-12(16)10-15-8-4-7-13(15)11-5-2-3-6-11/h11-14,16H,2-10H2,1H3. The Bertz CT molecular complexity index is 204. The summed E-state index contributed by atoms with van der Waals surface area (Å²) >= 11 is 0. The van der Waals surface area contributed by atoms with E-state index in [1.165, 1.54) is 45.1 Å². The molecule has 1 saturated carbocycles. The number of likely N-dealkylation sites (tertiary alicyclic amines) is 1. The van der Waals surface area contributed by atoms with Gasteiger partial charge in [0.2, 0.25) is 0 Å². The lowest BCUT2D eigenvalue weighted by molar-refractivity contribution is 0.0901. The lowest BCUT2D eigenvalue weighted by Gasteiger charge is -2.30. The van der Waals surface area contributed by atoms with E-state index in [2.05, 4.69) is 10.2 Å². The fraction of sp³-hybridized carbons (Fsp3) is 1.00. The van der Waals surface area contributed by atoms with Crippen molar-refractivity contribution in [2.75, 3.05) is 26.7 Å². The minimum absolute atomic E-state index is 0.202. The van der Waals surface area contributed by atoms with Crippen molar-refractivity contribution in [3.63, 3.8) is 0 Å². The Kier molecular flexibility index (Phi) is 4.62. The molecule has 0 amide bonds. The summed E-state index contributed by atoms with van der Waals surface area (Å²) in [5.41, 5.74) is 0. The van der Waals surface area contributed by atoms with Crippen molar-refractivity contribution in [1.29, 1.82) is 0 Å². The van der Waals surface area contributed by atoms with Crippen molar-refractivity contribution in [3.05, 3.63) is 0 Å². The van der Waals surface area contributed by atoms with Crippen LogP contribution in [0, 0.1) is 5.92 Å². The van der Waals surface area contributed by atoms with E-state index >= 15 is 0 Å². The molecule has 2 rings (SSSR count). The molecule has 1 saturated heterocycles. The molecule has 0 radical (unpaired) electrons. The molecule has 1 aliphatic carbocycles. The highest BCUT2D eigenvalue weighted by molar-refractivity contribution is 4.88. The molecule has 0 spiro atoms. The van der Waals surface area contributed by atoms with Gasteiger partial charge in [-0.15, -0.1) is 0 Å². The molecule has 0 aromatic heterocycles. The molecular formula is C13H26N2O. The molecule has 0 bridgehead atoms. The second-order valence-electron chi connectivity index (χ2n) is 5.46. The zero-order valence-electron chi connectivity index (χ0n) is 10.5. The van der Waals surface area contributed by atoms with Gasteiger partial charge < -0.3 is 10.4 Å². The van der Waals surface area contributed by atoms with Gasteiger partial charge >= 0.3 is 0 Å². The molecule has 16 heavy (non-hydrogen) atoms. The van der Waals surface area contributed by atoms with Gasteiger partial charge in [0.15, 0.2) is 0 Å². The third kappa shape index (κ3) is 2.96. The summed E-state index contributed by atoms with van der Waals surface area (Å²) in [5.74, 6) is 0.921. The summed E-state index contributed by atoms with van der Waals surface area (Å²) in [6, 6.07) is 0.772. The zero-order chi connectivity index (χ0) is 11.4. The first kappa shape index (κ1) is 12.3. The molecule has 94 valence electrons. The van der Waals surface area contributed by atoms with Gasteiger partial charge in [-0.1, -0.05) is 12.8 Å². The van der Waals surface area contributed by atoms with E-state index in [1.807, 2.05) is 7.05 Å². The highest BCUT2D eigenvalue weighted by Gasteiger charge is 2.33. The number of hydrogen-bond donors (Lipinski definition) is 2. The van der Waals surface area contributed by atoms with Crippen molar-refractivity contribution in [2.24, 2.45) is 5.92 Å². The smallest absolute Gasteiger partial charge is 0.0791 e. The van der Waals surface area contributed by atoms with Crippen LogP contribution < -0.4 is 5.32 Å². The molecule has 2 aliphatic rings. The Hall–Kier alpha value is -0.120. The largest absolute Gasteiger partial charge is 0.390 e. The van der Waals surface area contributed by atoms with Gasteiger partial charge in [0, 0.05) is 19.1 Å².